The maximum Gasteiger partial charge on any atom is 0.223 e. The third kappa shape index (κ3) is 2.62. The van der Waals surface area contributed by atoms with Gasteiger partial charge in [-0.05, 0) is 13.0 Å². The predicted molar refractivity (Wildman–Crippen MR) is 70.2 cm³/mol. The van der Waals surface area contributed by atoms with Gasteiger partial charge in [0.25, 0.3) is 0 Å². The molecule has 2 rings (SSSR count). The van der Waals surface area contributed by atoms with Crippen molar-refractivity contribution in [3.8, 4) is 11.5 Å². The molecule has 1 unspecified atom stereocenters. The van der Waals surface area contributed by atoms with Crippen LogP contribution in [-0.4, -0.2) is 21.2 Å². The lowest BCUT2D eigenvalue weighted by Crippen LogP contribution is -2.99. The first-order valence-corrected chi connectivity index (χ1v) is 5.81. The lowest BCUT2D eigenvalue weighted by Gasteiger charge is -2.14. The number of phenolic OH excluding ortho intramolecular Hbond substituents is 2. The van der Waals surface area contributed by atoms with Gasteiger partial charge in [0.2, 0.25) is 11.4 Å². The highest BCUT2D eigenvalue weighted by Crippen LogP contribution is 2.32. The van der Waals surface area contributed by atoms with Gasteiger partial charge in [0, 0.05) is 17.2 Å². The lowest BCUT2D eigenvalue weighted by atomic mass is 10.0. The molecule has 2 aromatic carbocycles. The molecule has 6 heteroatoms. The molecular formula is C14H13NO5. The molecular weight excluding hydrogens is 262 g/mol. The van der Waals surface area contributed by atoms with Crippen LogP contribution in [0.25, 0.3) is 0 Å². The van der Waals surface area contributed by atoms with E-state index in [4.69, 9.17) is 5.21 Å². The van der Waals surface area contributed by atoms with Crippen LogP contribution in [0.2, 0.25) is 0 Å². The number of hydrogen-bond donors (Lipinski definition) is 4. The molecule has 0 fully saturated rings. The Balaban J connectivity index is 2.47. The normalized spacial score (nSPS) is 12.2. The van der Waals surface area contributed by atoms with Crippen LogP contribution in [0.5, 0.6) is 11.5 Å². The Kier molecular flexibility index (Phi) is 3.71. The molecule has 20 heavy (non-hydrogen) atoms. The summed E-state index contributed by atoms with van der Waals surface area (Å²) in [6.45, 7) is 1.88. The largest absolute Gasteiger partial charge is 0.595 e. The average molecular weight is 275 g/mol. The second kappa shape index (κ2) is 5.30. The van der Waals surface area contributed by atoms with E-state index in [0.717, 1.165) is 17.7 Å². The number of quaternary nitrogens is 1. The molecule has 2 aromatic rings. The summed E-state index contributed by atoms with van der Waals surface area (Å²) in [4.78, 5) is 12.2. The second-order valence-corrected chi connectivity index (χ2v) is 4.39. The molecule has 0 aliphatic carbocycles. The van der Waals surface area contributed by atoms with E-state index >= 15 is 0 Å². The molecule has 104 valence electrons. The van der Waals surface area contributed by atoms with Crippen LogP contribution < -0.4 is 5.23 Å². The molecule has 0 heterocycles. The van der Waals surface area contributed by atoms with E-state index in [0.29, 0.717) is 5.56 Å². The Morgan fingerprint density at radius 1 is 1.10 bits per heavy atom. The van der Waals surface area contributed by atoms with E-state index in [9.17, 15) is 20.2 Å². The summed E-state index contributed by atoms with van der Waals surface area (Å²) >= 11 is 0. The Morgan fingerprint density at radius 3 is 2.25 bits per heavy atom. The first-order valence-electron chi connectivity index (χ1n) is 5.81. The number of nitrogens with one attached hydrogen (secondary N) is 1. The van der Waals surface area contributed by atoms with Crippen LogP contribution in [0, 0.1) is 12.1 Å². The van der Waals surface area contributed by atoms with Crippen LogP contribution in [-0.2, 0) is 0 Å². The van der Waals surface area contributed by atoms with Crippen molar-refractivity contribution >= 4 is 11.5 Å². The number of ketones is 1. The summed E-state index contributed by atoms with van der Waals surface area (Å²) in [7, 11) is 0. The Labute approximate surface area is 114 Å². The number of aryl methyl sites for hydroxylation is 1. The van der Waals surface area contributed by atoms with Gasteiger partial charge in [-0.1, -0.05) is 29.8 Å². The summed E-state index contributed by atoms with van der Waals surface area (Å²) in [5.41, 5.74) is 0.848. The second-order valence-electron chi connectivity index (χ2n) is 4.39. The van der Waals surface area contributed by atoms with Crippen molar-refractivity contribution in [2.75, 3.05) is 0 Å². The molecule has 0 amide bonds. The van der Waals surface area contributed by atoms with Crippen molar-refractivity contribution in [1.82, 2.24) is 0 Å². The fourth-order valence-electron chi connectivity index (χ4n) is 1.78. The van der Waals surface area contributed by atoms with Gasteiger partial charge in [-0.15, -0.1) is 0 Å². The zero-order valence-electron chi connectivity index (χ0n) is 10.6. The number of phenols is 2. The summed E-state index contributed by atoms with van der Waals surface area (Å²) in [6, 6.07) is 8.82. The summed E-state index contributed by atoms with van der Waals surface area (Å²) in [6.07, 6.45) is 0. The predicted octanol–water partition coefficient (Wildman–Crippen LogP) is 1.04. The van der Waals surface area contributed by atoms with Crippen LogP contribution in [0.15, 0.2) is 36.4 Å². The van der Waals surface area contributed by atoms with Gasteiger partial charge in [0.1, 0.15) is 0 Å². The Morgan fingerprint density at radius 2 is 1.70 bits per heavy atom. The van der Waals surface area contributed by atoms with E-state index in [1.165, 1.54) is 0 Å². The standard InChI is InChI=1S/C14H13NO5/c1-8-2-4-9(5-3-8)13(17)10-6-11(15(19)20)14(18)12(16)7-10/h2-7,15-16,18-19H,1H3. The molecule has 0 saturated carbocycles. The maximum absolute atomic E-state index is 12.2. The quantitative estimate of drug-likeness (QED) is 0.380. The average Bonchev–Trinajstić information content (AvgIpc) is 2.41. The first-order chi connectivity index (χ1) is 9.40. The molecule has 4 N–H and O–H groups in total. The Bertz CT molecular complexity index is 649. The molecule has 0 aliphatic heterocycles. The third-order valence-corrected chi connectivity index (χ3v) is 2.90. The van der Waals surface area contributed by atoms with Gasteiger partial charge in [-0.3, -0.25) is 4.79 Å². The summed E-state index contributed by atoms with van der Waals surface area (Å²) in [5, 5.41) is 37.4. The fraction of sp³-hybridized carbons (Fsp3) is 0.0714. The Hall–Kier alpha value is -2.41. The number of aromatic hydroxyl groups is 2. The molecule has 0 aliphatic rings. The van der Waals surface area contributed by atoms with Crippen molar-refractivity contribution in [1.29, 1.82) is 0 Å². The molecule has 6 nitrogen and oxygen atoms in total. The number of carbonyl (C=O) groups is 1. The highest BCUT2D eigenvalue weighted by atomic mass is 16.8. The summed E-state index contributed by atoms with van der Waals surface area (Å²) < 4.78 is 0. The number of rotatable bonds is 3. The van der Waals surface area contributed by atoms with Crippen molar-refractivity contribution in [2.24, 2.45) is 0 Å². The van der Waals surface area contributed by atoms with E-state index in [-0.39, 0.29) is 5.56 Å². The van der Waals surface area contributed by atoms with E-state index in [1.54, 1.807) is 24.3 Å². The highest BCUT2D eigenvalue weighted by molar-refractivity contribution is 6.09. The number of hydrogen-bond acceptors (Lipinski definition) is 5. The van der Waals surface area contributed by atoms with E-state index in [2.05, 4.69) is 0 Å². The van der Waals surface area contributed by atoms with Gasteiger partial charge in [-0.25, -0.2) is 5.21 Å². The van der Waals surface area contributed by atoms with Crippen molar-refractivity contribution in [3.63, 3.8) is 0 Å². The van der Waals surface area contributed by atoms with Crippen molar-refractivity contribution in [3.05, 3.63) is 58.3 Å². The van der Waals surface area contributed by atoms with Crippen LogP contribution in [0.1, 0.15) is 21.5 Å². The lowest BCUT2D eigenvalue weighted by molar-refractivity contribution is -0.991. The monoisotopic (exact) mass is 275 g/mol. The van der Waals surface area contributed by atoms with E-state index in [1.807, 2.05) is 6.92 Å². The smallest absolute Gasteiger partial charge is 0.223 e. The molecule has 0 aromatic heterocycles. The molecule has 0 radical (unpaired) electrons. The van der Waals surface area contributed by atoms with Crippen molar-refractivity contribution in [2.45, 2.75) is 6.92 Å². The molecule has 1 atom stereocenters. The van der Waals surface area contributed by atoms with Crippen molar-refractivity contribution < 1.29 is 25.4 Å². The highest BCUT2D eigenvalue weighted by Gasteiger charge is 2.19. The minimum absolute atomic E-state index is 0.00144. The minimum atomic E-state index is -1.42. The first kappa shape index (κ1) is 14.0. The minimum Gasteiger partial charge on any atom is -0.595 e. The SMILES string of the molecule is Cc1ccc(C(=O)c2cc(O)c(O)c([NH+]([O-])O)c2)cc1. The summed E-state index contributed by atoms with van der Waals surface area (Å²) in [5.74, 6) is -1.82. The van der Waals surface area contributed by atoms with Gasteiger partial charge in [-0.2, -0.15) is 5.23 Å². The number of benzene rings is 2. The van der Waals surface area contributed by atoms with Gasteiger partial charge in [0.05, 0.1) is 0 Å². The zero-order valence-corrected chi connectivity index (χ0v) is 10.6. The topological polar surface area (TPSA) is 105 Å². The fourth-order valence-corrected chi connectivity index (χ4v) is 1.78. The van der Waals surface area contributed by atoms with Crippen LogP contribution in [0.4, 0.5) is 5.69 Å². The molecule has 0 saturated heterocycles. The van der Waals surface area contributed by atoms with Gasteiger partial charge >= 0.3 is 0 Å². The zero-order chi connectivity index (χ0) is 14.9. The van der Waals surface area contributed by atoms with Crippen LogP contribution >= 0.6 is 0 Å². The maximum atomic E-state index is 12.2. The van der Waals surface area contributed by atoms with Gasteiger partial charge < -0.3 is 15.4 Å². The molecule has 0 bridgehead atoms. The third-order valence-electron chi connectivity index (χ3n) is 2.90. The van der Waals surface area contributed by atoms with E-state index < -0.39 is 28.2 Å². The molecule has 0 spiro atoms. The van der Waals surface area contributed by atoms with Crippen LogP contribution in [0.3, 0.4) is 0 Å². The number of carbonyl (C=O) groups excluding carboxylic acids is 1. The van der Waals surface area contributed by atoms with Gasteiger partial charge in [0.15, 0.2) is 11.5 Å².